The maximum atomic E-state index is 11.9. The van der Waals surface area contributed by atoms with Gasteiger partial charge in [0.15, 0.2) is 5.13 Å². The summed E-state index contributed by atoms with van der Waals surface area (Å²) in [6.07, 6.45) is -0.0862. The number of thiazole rings is 1. The molecule has 0 radical (unpaired) electrons. The van der Waals surface area contributed by atoms with E-state index in [1.807, 2.05) is 45.9 Å². The van der Waals surface area contributed by atoms with E-state index in [-0.39, 0.29) is 6.42 Å². The number of carbonyl (C=O) groups is 1. The minimum absolute atomic E-state index is 0.0862. The maximum Gasteiger partial charge on any atom is 0.307 e. The zero-order valence-electron chi connectivity index (χ0n) is 20.2. The largest absolute Gasteiger partial charge is 0.487 e. The first kappa shape index (κ1) is 23.6. The molecule has 1 aliphatic heterocycles. The smallest absolute Gasteiger partial charge is 0.307 e. The molecule has 4 aromatic rings. The van der Waals surface area contributed by atoms with Crippen LogP contribution in [0.1, 0.15) is 43.0 Å². The van der Waals surface area contributed by atoms with Gasteiger partial charge in [0.25, 0.3) is 0 Å². The monoisotopic (exact) mass is 506 g/mol. The molecule has 35 heavy (non-hydrogen) atoms. The van der Waals surface area contributed by atoms with Gasteiger partial charge in [-0.1, -0.05) is 47.2 Å². The van der Waals surface area contributed by atoms with Crippen LogP contribution in [0.2, 0.25) is 5.02 Å². The number of hydrogen-bond donors (Lipinski definition) is 1. The third-order valence-corrected chi connectivity index (χ3v) is 7.45. The van der Waals surface area contributed by atoms with Crippen molar-refractivity contribution in [2.75, 3.05) is 4.90 Å². The second-order valence-electron chi connectivity index (χ2n) is 9.94. The van der Waals surface area contributed by atoms with Gasteiger partial charge in [0.2, 0.25) is 0 Å². The van der Waals surface area contributed by atoms with E-state index >= 15 is 0 Å². The van der Waals surface area contributed by atoms with Crippen LogP contribution in [-0.4, -0.2) is 21.7 Å². The average molecular weight is 507 g/mol. The van der Waals surface area contributed by atoms with Gasteiger partial charge in [0.05, 0.1) is 16.6 Å². The number of aryl methyl sites for hydroxylation is 1. The number of rotatable bonds is 5. The Labute approximate surface area is 213 Å². The van der Waals surface area contributed by atoms with Gasteiger partial charge in [-0.3, -0.25) is 4.79 Å². The van der Waals surface area contributed by atoms with Crippen molar-refractivity contribution >= 4 is 44.3 Å². The Morgan fingerprint density at radius 2 is 1.83 bits per heavy atom. The predicted octanol–water partition coefficient (Wildman–Crippen LogP) is 7.25. The number of anilines is 1. The Morgan fingerprint density at radius 3 is 2.46 bits per heavy atom. The Balaban J connectivity index is 1.71. The number of carboxylic acid groups (broad SMARTS) is 1. The number of hydrogen-bond acceptors (Lipinski definition) is 5. The predicted molar refractivity (Wildman–Crippen MR) is 143 cm³/mol. The molecule has 1 N–H and O–H groups in total. The van der Waals surface area contributed by atoms with Crippen LogP contribution in [0.3, 0.4) is 0 Å². The van der Waals surface area contributed by atoms with E-state index in [1.165, 1.54) is 11.1 Å². The highest BCUT2D eigenvalue weighted by Crippen LogP contribution is 2.45. The summed E-state index contributed by atoms with van der Waals surface area (Å²) in [5, 5.41) is 11.2. The van der Waals surface area contributed by atoms with Crippen LogP contribution in [-0.2, 0) is 24.3 Å². The minimum Gasteiger partial charge on any atom is -0.487 e. The van der Waals surface area contributed by atoms with Crippen molar-refractivity contribution in [3.05, 3.63) is 75.8 Å². The molecule has 0 unspecified atom stereocenters. The molecule has 5 nitrogen and oxygen atoms in total. The second kappa shape index (κ2) is 8.85. The summed E-state index contributed by atoms with van der Waals surface area (Å²) in [7, 11) is 0. The highest BCUT2D eigenvalue weighted by molar-refractivity contribution is 7.22. The van der Waals surface area contributed by atoms with Crippen LogP contribution in [0.15, 0.2) is 48.5 Å². The molecule has 0 bridgehead atoms. The summed E-state index contributed by atoms with van der Waals surface area (Å²) in [6.45, 7) is 9.52. The summed E-state index contributed by atoms with van der Waals surface area (Å²) in [5.74, 6) is -0.243. The molecule has 1 aromatic heterocycles. The van der Waals surface area contributed by atoms with E-state index < -0.39 is 11.6 Å². The van der Waals surface area contributed by atoms with E-state index in [0.29, 0.717) is 10.8 Å². The van der Waals surface area contributed by atoms with Crippen LogP contribution in [0.4, 0.5) is 5.13 Å². The van der Waals surface area contributed by atoms with Gasteiger partial charge < -0.3 is 14.7 Å². The number of carboxylic acids is 1. The van der Waals surface area contributed by atoms with Crippen molar-refractivity contribution in [2.24, 2.45) is 0 Å². The molecule has 1 aliphatic rings. The number of benzene rings is 3. The van der Waals surface area contributed by atoms with Gasteiger partial charge in [-0.05, 0) is 74.2 Å². The van der Waals surface area contributed by atoms with Crippen molar-refractivity contribution in [3.63, 3.8) is 0 Å². The lowest BCUT2D eigenvalue weighted by Crippen LogP contribution is -2.23. The molecule has 0 fully saturated rings. The molecule has 0 saturated heterocycles. The molecule has 0 spiro atoms. The molecule has 3 aromatic carbocycles. The normalized spacial score (nSPS) is 13.3. The molecule has 0 saturated carbocycles. The first-order valence-electron chi connectivity index (χ1n) is 11.5. The number of halogens is 1. The maximum absolute atomic E-state index is 11.9. The lowest BCUT2D eigenvalue weighted by Gasteiger charge is -2.24. The van der Waals surface area contributed by atoms with Crippen LogP contribution in [0.5, 0.6) is 5.75 Å². The molecular formula is C28H27ClN2O3S. The first-order chi connectivity index (χ1) is 16.6. The standard InChI is InChI=1S/C28H27ClN2O3S/c1-16-11-22-26(35-27(30-22)31-14-17-7-5-6-8-18(17)15-31)25(21(16)13-24(32)33)20-10-9-19(29)12-23(20)34-28(2,3)4/h5-12H,13-15H2,1-4H3,(H,32,33). The van der Waals surface area contributed by atoms with E-state index in [9.17, 15) is 9.90 Å². The second-order valence-corrected chi connectivity index (χ2v) is 11.4. The molecule has 7 heteroatoms. The zero-order chi connectivity index (χ0) is 24.9. The van der Waals surface area contributed by atoms with Crippen molar-refractivity contribution in [2.45, 2.75) is 52.8 Å². The van der Waals surface area contributed by atoms with Gasteiger partial charge in [0, 0.05) is 29.2 Å². The summed E-state index contributed by atoms with van der Waals surface area (Å²) in [6, 6.07) is 16.0. The van der Waals surface area contributed by atoms with Crippen molar-refractivity contribution in [1.29, 1.82) is 0 Å². The highest BCUT2D eigenvalue weighted by atomic mass is 35.5. The van der Waals surface area contributed by atoms with Crippen LogP contribution in [0, 0.1) is 6.92 Å². The van der Waals surface area contributed by atoms with Crippen molar-refractivity contribution in [3.8, 4) is 16.9 Å². The van der Waals surface area contributed by atoms with Gasteiger partial charge in [0.1, 0.15) is 11.4 Å². The van der Waals surface area contributed by atoms with Gasteiger partial charge in [-0.15, -0.1) is 0 Å². The molecule has 180 valence electrons. The first-order valence-corrected chi connectivity index (χ1v) is 12.7. The highest BCUT2D eigenvalue weighted by Gasteiger charge is 2.26. The number of nitrogens with zero attached hydrogens (tertiary/aromatic N) is 2. The fourth-order valence-corrected chi connectivity index (χ4v) is 5.90. The Hall–Kier alpha value is -3.09. The summed E-state index contributed by atoms with van der Waals surface area (Å²) >= 11 is 7.95. The van der Waals surface area contributed by atoms with Crippen molar-refractivity contribution in [1.82, 2.24) is 4.98 Å². The molecule has 5 rings (SSSR count). The Bertz CT molecular complexity index is 1430. The minimum atomic E-state index is -0.874. The van der Waals surface area contributed by atoms with Gasteiger partial charge >= 0.3 is 5.97 Å². The lowest BCUT2D eigenvalue weighted by atomic mass is 9.92. The number of aliphatic carboxylic acids is 1. The van der Waals surface area contributed by atoms with Crippen LogP contribution in [0.25, 0.3) is 21.3 Å². The van der Waals surface area contributed by atoms with Crippen molar-refractivity contribution < 1.29 is 14.6 Å². The van der Waals surface area contributed by atoms with Crippen LogP contribution < -0.4 is 9.64 Å². The third kappa shape index (κ3) is 4.73. The quantitative estimate of drug-likeness (QED) is 0.309. The zero-order valence-corrected chi connectivity index (χ0v) is 21.8. The molecule has 2 heterocycles. The van der Waals surface area contributed by atoms with E-state index in [2.05, 4.69) is 29.2 Å². The number of fused-ring (bicyclic) bond motifs is 2. The average Bonchev–Trinajstić information content (AvgIpc) is 3.37. The Kier molecular flexibility index (Phi) is 5.98. The van der Waals surface area contributed by atoms with Gasteiger partial charge in [-0.25, -0.2) is 4.98 Å². The summed E-state index contributed by atoms with van der Waals surface area (Å²) in [4.78, 5) is 19.2. The fourth-order valence-electron chi connectivity index (χ4n) is 4.61. The summed E-state index contributed by atoms with van der Waals surface area (Å²) in [5.41, 5.74) is 6.39. The molecule has 0 atom stereocenters. The van der Waals surface area contributed by atoms with Crippen LogP contribution >= 0.6 is 22.9 Å². The topological polar surface area (TPSA) is 62.7 Å². The lowest BCUT2D eigenvalue weighted by molar-refractivity contribution is -0.136. The molecule has 0 aliphatic carbocycles. The molecule has 0 amide bonds. The fraction of sp³-hybridized carbons (Fsp3) is 0.286. The van der Waals surface area contributed by atoms with Gasteiger partial charge in [-0.2, -0.15) is 0 Å². The summed E-state index contributed by atoms with van der Waals surface area (Å²) < 4.78 is 7.26. The number of aromatic nitrogens is 1. The van der Waals surface area contributed by atoms with E-state index in [4.69, 9.17) is 21.3 Å². The SMILES string of the molecule is Cc1cc2nc(N3Cc4ccccc4C3)sc2c(-c2ccc(Cl)cc2OC(C)(C)C)c1CC(=O)O. The third-order valence-electron chi connectivity index (χ3n) is 6.07. The van der Waals surface area contributed by atoms with E-state index in [0.717, 1.165) is 50.7 Å². The number of ether oxygens (including phenoxy) is 1. The Morgan fingerprint density at radius 1 is 1.14 bits per heavy atom. The van der Waals surface area contributed by atoms with E-state index in [1.54, 1.807) is 17.4 Å². The molecular weight excluding hydrogens is 480 g/mol.